The first-order valence-electron chi connectivity index (χ1n) is 5.54. The summed E-state index contributed by atoms with van der Waals surface area (Å²) in [4.78, 5) is 12.8. The lowest BCUT2D eigenvalue weighted by Gasteiger charge is -2.01. The molecule has 2 N–H and O–H groups in total. The number of aromatic nitrogens is 2. The highest BCUT2D eigenvalue weighted by atomic mass is 32.1. The summed E-state index contributed by atoms with van der Waals surface area (Å²) in [5.41, 5.74) is 1.90. The zero-order valence-corrected chi connectivity index (χ0v) is 10.5. The van der Waals surface area contributed by atoms with Crippen molar-refractivity contribution in [1.82, 2.24) is 10.2 Å². The minimum absolute atomic E-state index is 0.111. The van der Waals surface area contributed by atoms with Crippen molar-refractivity contribution in [3.8, 4) is 0 Å². The van der Waals surface area contributed by atoms with Gasteiger partial charge in [-0.2, -0.15) is 5.10 Å². The molecule has 3 aromatic rings. The molecule has 0 aliphatic heterocycles. The van der Waals surface area contributed by atoms with E-state index in [1.807, 2.05) is 42.6 Å². The van der Waals surface area contributed by atoms with Crippen LogP contribution in [0.5, 0.6) is 0 Å². The van der Waals surface area contributed by atoms with E-state index in [1.54, 1.807) is 0 Å². The number of carbonyl (C=O) groups excluding carboxylic acids is 1. The van der Waals surface area contributed by atoms with Crippen molar-refractivity contribution in [2.75, 3.05) is 5.32 Å². The van der Waals surface area contributed by atoms with Gasteiger partial charge in [0.05, 0.1) is 10.4 Å². The molecule has 0 fully saturated rings. The van der Waals surface area contributed by atoms with Crippen LogP contribution in [0.15, 0.2) is 35.7 Å². The van der Waals surface area contributed by atoms with Crippen molar-refractivity contribution in [2.45, 2.75) is 6.92 Å². The highest BCUT2D eigenvalue weighted by molar-refractivity contribution is 7.12. The molecule has 0 aliphatic rings. The second-order valence-electron chi connectivity index (χ2n) is 4.00. The van der Waals surface area contributed by atoms with Crippen LogP contribution in [0.25, 0.3) is 10.9 Å². The number of nitrogens with zero attached hydrogens (tertiary/aromatic N) is 1. The molecule has 2 aromatic heterocycles. The van der Waals surface area contributed by atoms with Gasteiger partial charge in [0, 0.05) is 5.39 Å². The number of fused-ring (bicyclic) bond motifs is 1. The number of rotatable bonds is 2. The van der Waals surface area contributed by atoms with E-state index in [9.17, 15) is 4.79 Å². The summed E-state index contributed by atoms with van der Waals surface area (Å²) < 4.78 is 0. The number of benzene rings is 1. The second-order valence-corrected chi connectivity index (χ2v) is 4.92. The molecule has 18 heavy (non-hydrogen) atoms. The largest absolute Gasteiger partial charge is 0.304 e. The van der Waals surface area contributed by atoms with E-state index in [0.717, 1.165) is 21.3 Å². The van der Waals surface area contributed by atoms with Gasteiger partial charge in [-0.05, 0) is 36.1 Å². The van der Waals surface area contributed by atoms with E-state index in [0.29, 0.717) is 5.82 Å². The molecule has 4 nitrogen and oxygen atoms in total. The summed E-state index contributed by atoms with van der Waals surface area (Å²) in [6.45, 7) is 1.92. The number of hydrogen-bond donors (Lipinski definition) is 2. The number of aromatic amines is 1. The molecule has 0 bridgehead atoms. The molecule has 5 heteroatoms. The fraction of sp³-hybridized carbons (Fsp3) is 0.0769. The Balaban J connectivity index is 1.93. The molecule has 0 aliphatic carbocycles. The van der Waals surface area contributed by atoms with Crippen LogP contribution < -0.4 is 5.32 Å². The second kappa shape index (κ2) is 4.27. The molecule has 1 amide bonds. The molecule has 1 aromatic carbocycles. The molecule has 3 rings (SSSR count). The van der Waals surface area contributed by atoms with Crippen molar-refractivity contribution >= 4 is 34.0 Å². The van der Waals surface area contributed by atoms with E-state index in [-0.39, 0.29) is 5.91 Å². The summed E-state index contributed by atoms with van der Waals surface area (Å²) in [7, 11) is 0. The van der Waals surface area contributed by atoms with Gasteiger partial charge in [-0.3, -0.25) is 9.89 Å². The zero-order chi connectivity index (χ0) is 12.5. The predicted molar refractivity (Wildman–Crippen MR) is 73.1 cm³/mol. The number of nitrogens with one attached hydrogen (secondary N) is 2. The summed E-state index contributed by atoms with van der Waals surface area (Å²) in [5.74, 6) is 0.461. The Labute approximate surface area is 108 Å². The number of thiophene rings is 1. The third-order valence-corrected chi connectivity index (χ3v) is 3.79. The third kappa shape index (κ3) is 1.78. The molecule has 0 saturated carbocycles. The number of amides is 1. The van der Waals surface area contributed by atoms with E-state index in [4.69, 9.17) is 0 Å². The van der Waals surface area contributed by atoms with Crippen LogP contribution in [0.1, 0.15) is 15.2 Å². The highest BCUT2D eigenvalue weighted by Gasteiger charge is 2.13. The molecular formula is C13H11N3OS. The number of aryl methyl sites for hydroxylation is 1. The fourth-order valence-electron chi connectivity index (χ4n) is 1.83. The van der Waals surface area contributed by atoms with Crippen LogP contribution in [0.3, 0.4) is 0 Å². The third-order valence-electron chi connectivity index (χ3n) is 2.77. The molecule has 0 atom stereocenters. The summed E-state index contributed by atoms with van der Waals surface area (Å²) in [6.07, 6.45) is 0. The number of H-pyrrole nitrogens is 1. The number of carbonyl (C=O) groups is 1. The minimum Gasteiger partial charge on any atom is -0.304 e. The van der Waals surface area contributed by atoms with E-state index < -0.39 is 0 Å². The zero-order valence-electron chi connectivity index (χ0n) is 9.73. The number of anilines is 1. The summed E-state index contributed by atoms with van der Waals surface area (Å²) in [5, 5.41) is 12.7. The predicted octanol–water partition coefficient (Wildman–Crippen LogP) is 3.19. The quantitative estimate of drug-likeness (QED) is 0.740. The Morgan fingerprint density at radius 2 is 2.17 bits per heavy atom. The average Bonchev–Trinajstić information content (AvgIpc) is 2.97. The van der Waals surface area contributed by atoms with Crippen molar-refractivity contribution < 1.29 is 4.79 Å². The van der Waals surface area contributed by atoms with Crippen LogP contribution in [0.2, 0.25) is 0 Å². The van der Waals surface area contributed by atoms with Gasteiger partial charge in [0.15, 0.2) is 5.82 Å². The number of para-hydroxylation sites is 1. The van der Waals surface area contributed by atoms with Gasteiger partial charge in [-0.1, -0.05) is 12.1 Å². The van der Waals surface area contributed by atoms with Crippen LogP contribution in [0.4, 0.5) is 5.82 Å². The van der Waals surface area contributed by atoms with Gasteiger partial charge < -0.3 is 5.32 Å². The monoisotopic (exact) mass is 257 g/mol. The molecule has 0 spiro atoms. The Bertz CT molecular complexity index is 714. The molecule has 0 unspecified atom stereocenters. The minimum atomic E-state index is -0.111. The van der Waals surface area contributed by atoms with Gasteiger partial charge in [0.2, 0.25) is 0 Å². The molecule has 2 heterocycles. The van der Waals surface area contributed by atoms with Gasteiger partial charge in [0.25, 0.3) is 5.91 Å². The van der Waals surface area contributed by atoms with Crippen LogP contribution in [-0.4, -0.2) is 16.1 Å². The van der Waals surface area contributed by atoms with Crippen molar-refractivity contribution in [1.29, 1.82) is 0 Å². The Hall–Kier alpha value is -2.14. The first-order valence-corrected chi connectivity index (χ1v) is 6.42. The van der Waals surface area contributed by atoms with E-state index in [2.05, 4.69) is 15.5 Å². The van der Waals surface area contributed by atoms with Gasteiger partial charge in [-0.15, -0.1) is 11.3 Å². The van der Waals surface area contributed by atoms with Crippen molar-refractivity contribution in [2.24, 2.45) is 0 Å². The average molecular weight is 257 g/mol. The smallest absolute Gasteiger partial charge is 0.267 e. The molecule has 0 radical (unpaired) electrons. The highest BCUT2D eigenvalue weighted by Crippen LogP contribution is 2.22. The maximum Gasteiger partial charge on any atom is 0.267 e. The van der Waals surface area contributed by atoms with Crippen molar-refractivity contribution in [3.05, 3.63) is 46.2 Å². The fourth-order valence-corrected chi connectivity index (χ4v) is 2.65. The molecule has 0 saturated heterocycles. The van der Waals surface area contributed by atoms with Crippen LogP contribution in [-0.2, 0) is 0 Å². The van der Waals surface area contributed by atoms with E-state index in [1.165, 1.54) is 11.3 Å². The maximum atomic E-state index is 12.1. The van der Waals surface area contributed by atoms with Gasteiger partial charge in [-0.25, -0.2) is 0 Å². The van der Waals surface area contributed by atoms with Crippen LogP contribution in [0, 0.1) is 6.92 Å². The first kappa shape index (κ1) is 11.0. The van der Waals surface area contributed by atoms with Crippen molar-refractivity contribution in [3.63, 3.8) is 0 Å². The summed E-state index contributed by atoms with van der Waals surface area (Å²) in [6, 6.07) is 9.63. The van der Waals surface area contributed by atoms with Gasteiger partial charge in [0.1, 0.15) is 0 Å². The Morgan fingerprint density at radius 1 is 1.33 bits per heavy atom. The number of hydrogen-bond acceptors (Lipinski definition) is 3. The Morgan fingerprint density at radius 3 is 2.94 bits per heavy atom. The summed E-state index contributed by atoms with van der Waals surface area (Å²) >= 11 is 1.43. The lowest BCUT2D eigenvalue weighted by atomic mass is 10.2. The molecular weight excluding hydrogens is 246 g/mol. The van der Waals surface area contributed by atoms with Gasteiger partial charge >= 0.3 is 0 Å². The standard InChI is InChI=1S/C13H11N3OS/c1-8-6-7-18-11(8)13(17)14-12-9-4-2-3-5-10(9)15-16-12/h2-7H,1H3,(H2,14,15,16,17). The normalized spacial score (nSPS) is 10.7. The topological polar surface area (TPSA) is 57.8 Å². The molecule has 90 valence electrons. The lowest BCUT2D eigenvalue weighted by molar-refractivity contribution is 0.103. The Kier molecular flexibility index (Phi) is 2.60. The lowest BCUT2D eigenvalue weighted by Crippen LogP contribution is -2.11. The maximum absolute atomic E-state index is 12.1. The first-order chi connectivity index (χ1) is 8.75. The van der Waals surface area contributed by atoms with Crippen LogP contribution >= 0.6 is 11.3 Å². The van der Waals surface area contributed by atoms with E-state index >= 15 is 0 Å². The SMILES string of the molecule is Cc1ccsc1C(=O)Nc1n[nH]c2ccccc12.